The number of nitrogens with one attached hydrogen (secondary N) is 2. The summed E-state index contributed by atoms with van der Waals surface area (Å²) >= 11 is 0. The molecule has 3 aliphatic carbocycles. The number of phenolic OH excluding ortho intramolecular Hbond substituents is 1. The lowest BCUT2D eigenvalue weighted by atomic mass is 9.57. The van der Waals surface area contributed by atoms with Gasteiger partial charge in [-0.1, -0.05) is 20.8 Å². The fourth-order valence-corrected chi connectivity index (χ4v) is 8.31. The zero-order valence-corrected chi connectivity index (χ0v) is 26.1. The molecule has 1 amide bonds. The van der Waals surface area contributed by atoms with Crippen LogP contribution in [0, 0.1) is 17.3 Å². The molecule has 4 rings (SSSR count). The van der Waals surface area contributed by atoms with Gasteiger partial charge in [0.05, 0.1) is 23.0 Å². The monoisotopic (exact) mass is 620 g/mol. The topological polar surface area (TPSA) is 220 Å². The number of aliphatic hydroxyl groups is 3. The molecular weight excluding hydrogens is 580 g/mol. The molecule has 1 fully saturated rings. The number of rotatable bonds is 7. The molecule has 1 aromatic carbocycles. The fraction of sp³-hybridized carbons (Fsp3) is 0.552. The van der Waals surface area contributed by atoms with Gasteiger partial charge in [-0.15, -0.1) is 0 Å². The third-order valence-corrected chi connectivity index (χ3v) is 9.83. The van der Waals surface area contributed by atoms with Crippen LogP contribution in [-0.4, -0.2) is 88.8 Å². The van der Waals surface area contributed by atoms with E-state index in [1.165, 1.54) is 25.1 Å². The minimum atomic E-state index is -3.97. The summed E-state index contributed by atoms with van der Waals surface area (Å²) in [6.45, 7) is 8.90. The molecule has 1 aromatic rings. The second kappa shape index (κ2) is 10.5. The number of carbonyl (C=O) groups excluding carboxylic acids is 3. The summed E-state index contributed by atoms with van der Waals surface area (Å²) in [5, 5.41) is 48.9. The standard InChI is InChI=1S/C29H40N4O9S/c1-12(2)31-16-10-17(32-43(41,42)11-28(3,4)5)22(34)19-14(16)8-13-9-15-21(33(6)7)24(36)20(27(30)39)26(38)29(15,40)25(37)18(13)23(19)35/h10,12-13,15,21,31-32,34-35,38,40H,8-9,11H2,1-7H3,(H2,30,39)/t13?,15?,21-,29-/m0/s1. The molecule has 0 aliphatic heterocycles. The number of amides is 1. The van der Waals surface area contributed by atoms with Gasteiger partial charge in [0.25, 0.3) is 5.91 Å². The summed E-state index contributed by atoms with van der Waals surface area (Å²) in [6.07, 6.45) is -0.000220. The van der Waals surface area contributed by atoms with Crippen molar-refractivity contribution in [2.45, 2.75) is 65.1 Å². The Bertz CT molecular complexity index is 1590. The second-order valence-electron chi connectivity index (χ2n) is 13.4. The number of hydrogen-bond donors (Lipinski definition) is 7. The van der Waals surface area contributed by atoms with Crippen molar-refractivity contribution >= 4 is 44.6 Å². The zero-order valence-electron chi connectivity index (χ0n) is 25.3. The largest absolute Gasteiger partial charge is 0.508 e. The summed E-state index contributed by atoms with van der Waals surface area (Å²) in [7, 11) is -0.914. The first-order valence-electron chi connectivity index (χ1n) is 13.9. The van der Waals surface area contributed by atoms with Gasteiger partial charge >= 0.3 is 0 Å². The van der Waals surface area contributed by atoms with E-state index in [0.29, 0.717) is 11.3 Å². The molecule has 0 aromatic heterocycles. The van der Waals surface area contributed by atoms with Crippen LogP contribution in [0.4, 0.5) is 11.4 Å². The Balaban J connectivity index is 1.96. The number of sulfonamides is 1. The van der Waals surface area contributed by atoms with Crippen molar-refractivity contribution in [3.8, 4) is 5.75 Å². The molecule has 43 heavy (non-hydrogen) atoms. The van der Waals surface area contributed by atoms with Gasteiger partial charge < -0.3 is 31.5 Å². The molecular formula is C29H40N4O9S. The highest BCUT2D eigenvalue weighted by atomic mass is 32.2. The number of nitrogens with zero attached hydrogens (tertiary/aromatic N) is 1. The number of carbonyl (C=O) groups is 3. The van der Waals surface area contributed by atoms with E-state index < -0.39 is 79.2 Å². The maximum atomic E-state index is 14.1. The predicted octanol–water partition coefficient (Wildman–Crippen LogP) is 1.57. The van der Waals surface area contributed by atoms with E-state index >= 15 is 0 Å². The number of aromatic hydroxyl groups is 1. The lowest BCUT2D eigenvalue weighted by Crippen LogP contribution is -2.65. The number of benzene rings is 1. The Morgan fingerprint density at radius 2 is 1.77 bits per heavy atom. The fourth-order valence-electron chi connectivity index (χ4n) is 6.60. The Morgan fingerprint density at radius 3 is 2.28 bits per heavy atom. The predicted molar refractivity (Wildman–Crippen MR) is 160 cm³/mol. The number of hydrogen-bond acceptors (Lipinski definition) is 11. The van der Waals surface area contributed by atoms with E-state index in [0.717, 1.165) is 0 Å². The Kier molecular flexibility index (Phi) is 7.91. The third-order valence-electron chi connectivity index (χ3n) is 8.05. The van der Waals surface area contributed by atoms with Crippen molar-refractivity contribution in [1.82, 2.24) is 4.90 Å². The molecule has 3 aliphatic rings. The number of fused-ring (bicyclic) bond motifs is 3. The van der Waals surface area contributed by atoms with Crippen LogP contribution in [0.1, 0.15) is 52.2 Å². The van der Waals surface area contributed by atoms with Gasteiger partial charge in [0.15, 0.2) is 17.1 Å². The van der Waals surface area contributed by atoms with Crippen molar-refractivity contribution in [1.29, 1.82) is 0 Å². The Labute approximate surface area is 250 Å². The van der Waals surface area contributed by atoms with Gasteiger partial charge in [-0.25, -0.2) is 8.42 Å². The number of nitrogens with two attached hydrogens (primary N) is 1. The first-order chi connectivity index (χ1) is 19.6. The number of Topliss-reactive ketones (excluding diaryl/α,β-unsaturated/α-hetero) is 2. The highest BCUT2D eigenvalue weighted by Gasteiger charge is 2.64. The number of ketones is 2. The lowest BCUT2D eigenvalue weighted by molar-refractivity contribution is -0.153. The minimum absolute atomic E-state index is 0.0617. The average molecular weight is 621 g/mol. The van der Waals surface area contributed by atoms with Crippen LogP contribution in [0.5, 0.6) is 5.75 Å². The number of primary amides is 1. The number of aliphatic hydroxyl groups excluding tert-OH is 2. The van der Waals surface area contributed by atoms with Crippen LogP contribution in [-0.2, 0) is 30.8 Å². The highest BCUT2D eigenvalue weighted by Crippen LogP contribution is 2.54. The summed E-state index contributed by atoms with van der Waals surface area (Å²) in [5.41, 5.74) is 1.11. The molecule has 0 saturated heterocycles. The molecule has 8 N–H and O–H groups in total. The molecule has 0 spiro atoms. The Hall–Kier alpha value is -3.62. The van der Waals surface area contributed by atoms with Crippen molar-refractivity contribution in [2.75, 3.05) is 29.9 Å². The molecule has 13 nitrogen and oxygen atoms in total. The first-order valence-corrected chi connectivity index (χ1v) is 15.6. The van der Waals surface area contributed by atoms with Crippen LogP contribution in [0.15, 0.2) is 23.0 Å². The second-order valence-corrected chi connectivity index (χ2v) is 15.1. The van der Waals surface area contributed by atoms with Crippen molar-refractivity contribution < 1.29 is 43.2 Å². The molecule has 0 radical (unpaired) electrons. The molecule has 4 atom stereocenters. The quantitative estimate of drug-likeness (QED) is 0.132. The Morgan fingerprint density at radius 1 is 1.16 bits per heavy atom. The number of likely N-dealkylation sites (N-methyl/N-ethyl adjacent to an activating group) is 1. The van der Waals surface area contributed by atoms with E-state index in [2.05, 4.69) is 10.0 Å². The maximum Gasteiger partial charge on any atom is 0.255 e. The van der Waals surface area contributed by atoms with Crippen molar-refractivity contribution in [2.24, 2.45) is 23.0 Å². The smallest absolute Gasteiger partial charge is 0.255 e. The van der Waals surface area contributed by atoms with Crippen molar-refractivity contribution in [3.05, 3.63) is 34.1 Å². The van der Waals surface area contributed by atoms with E-state index in [4.69, 9.17) is 5.73 Å². The van der Waals surface area contributed by atoms with Gasteiger partial charge in [0.2, 0.25) is 15.8 Å². The molecule has 0 heterocycles. The molecule has 14 heteroatoms. The van der Waals surface area contributed by atoms with E-state index in [1.54, 1.807) is 20.8 Å². The number of anilines is 2. The van der Waals surface area contributed by atoms with Crippen molar-refractivity contribution in [3.63, 3.8) is 0 Å². The minimum Gasteiger partial charge on any atom is -0.508 e. The summed E-state index contributed by atoms with van der Waals surface area (Å²) in [6, 6.07) is 0.0778. The van der Waals surface area contributed by atoms with Crippen LogP contribution < -0.4 is 15.8 Å². The average Bonchev–Trinajstić information content (AvgIpc) is 2.81. The highest BCUT2D eigenvalue weighted by molar-refractivity contribution is 7.92. The van der Waals surface area contributed by atoms with E-state index in [9.17, 15) is 43.2 Å². The van der Waals surface area contributed by atoms with Gasteiger partial charge in [-0.2, -0.15) is 0 Å². The molecule has 236 valence electrons. The van der Waals surface area contributed by atoms with Gasteiger partial charge in [-0.05, 0) is 63.7 Å². The maximum absolute atomic E-state index is 14.1. The third kappa shape index (κ3) is 5.36. The number of phenols is 1. The van der Waals surface area contributed by atoms with Crippen LogP contribution in [0.25, 0.3) is 5.76 Å². The van der Waals surface area contributed by atoms with Gasteiger partial charge in [0, 0.05) is 23.2 Å². The van der Waals surface area contributed by atoms with Gasteiger partial charge in [0.1, 0.15) is 17.1 Å². The normalized spacial score (nSPS) is 26.0. The van der Waals surface area contributed by atoms with Crippen LogP contribution in [0.3, 0.4) is 0 Å². The zero-order chi connectivity index (χ0) is 32.6. The lowest BCUT2D eigenvalue weighted by Gasteiger charge is -2.50. The van der Waals surface area contributed by atoms with Crippen LogP contribution >= 0.6 is 0 Å². The molecule has 0 bridgehead atoms. The molecule has 2 unspecified atom stereocenters. The summed E-state index contributed by atoms with van der Waals surface area (Å²) in [5.74, 6) is -8.07. The van der Waals surface area contributed by atoms with Crippen LogP contribution in [0.2, 0.25) is 0 Å². The SMILES string of the molecule is CC(C)Nc1cc(NS(=O)(=O)CC(C)(C)C)c(O)c2c1CC1CC3[C@H](N(C)C)C(=O)C(C(N)=O)=C(O)[C@@]3(O)C(=O)C1=C2O. The van der Waals surface area contributed by atoms with E-state index in [1.807, 2.05) is 13.8 Å². The first kappa shape index (κ1) is 32.3. The summed E-state index contributed by atoms with van der Waals surface area (Å²) in [4.78, 5) is 40.9. The van der Waals surface area contributed by atoms with E-state index in [-0.39, 0.29) is 41.5 Å². The van der Waals surface area contributed by atoms with Gasteiger partial charge in [-0.3, -0.25) is 24.0 Å². The molecule has 1 saturated carbocycles. The summed E-state index contributed by atoms with van der Waals surface area (Å²) < 4.78 is 28.3.